The van der Waals surface area contributed by atoms with E-state index in [-0.39, 0.29) is 19.1 Å². The molecule has 1 aromatic rings. The third-order valence-corrected chi connectivity index (χ3v) is 2.42. The Labute approximate surface area is 109 Å². The molecular weight excluding hydrogens is 259 g/mol. The molecule has 0 heterocycles. The average Bonchev–Trinajstić information content (AvgIpc) is 2.26. The van der Waals surface area contributed by atoms with Crippen molar-refractivity contribution < 1.29 is 22.7 Å². The van der Waals surface area contributed by atoms with Crippen LogP contribution in [0.5, 0.6) is 0 Å². The summed E-state index contributed by atoms with van der Waals surface area (Å²) in [5.41, 5.74) is 2.39. The molecule has 0 atom stereocenters. The van der Waals surface area contributed by atoms with Crippen LogP contribution in [0.3, 0.4) is 0 Å². The molecule has 1 rings (SSSR count). The van der Waals surface area contributed by atoms with Gasteiger partial charge < -0.3 is 10.1 Å². The number of halogens is 3. The van der Waals surface area contributed by atoms with Gasteiger partial charge in [-0.3, -0.25) is 4.79 Å². The lowest BCUT2D eigenvalue weighted by molar-refractivity contribution is -0.173. The Hall–Kier alpha value is -1.56. The zero-order valence-corrected chi connectivity index (χ0v) is 10.8. The molecule has 0 saturated heterocycles. The minimum absolute atomic E-state index is 0.0439. The molecule has 1 N–H and O–H groups in total. The summed E-state index contributed by atoms with van der Waals surface area (Å²) >= 11 is 0. The summed E-state index contributed by atoms with van der Waals surface area (Å²) in [5, 5.41) is 2.51. The van der Waals surface area contributed by atoms with Crippen molar-refractivity contribution in [2.45, 2.75) is 20.0 Å². The Kier molecular flexibility index (Phi) is 5.35. The number of hydrogen-bond acceptors (Lipinski definition) is 2. The molecular formula is C13H16F3NO2. The molecule has 106 valence electrons. The summed E-state index contributed by atoms with van der Waals surface area (Å²) in [4.78, 5) is 11.7. The molecule has 0 unspecified atom stereocenters. The highest BCUT2D eigenvalue weighted by Crippen LogP contribution is 2.14. The lowest BCUT2D eigenvalue weighted by atomic mass is 10.1. The monoisotopic (exact) mass is 275 g/mol. The molecule has 0 fully saturated rings. The minimum Gasteiger partial charge on any atom is -0.370 e. The van der Waals surface area contributed by atoms with E-state index in [1.54, 1.807) is 6.07 Å². The predicted octanol–water partition coefficient (Wildman–Crippen LogP) is 2.61. The van der Waals surface area contributed by atoms with Crippen molar-refractivity contribution in [3.05, 3.63) is 34.9 Å². The van der Waals surface area contributed by atoms with Crippen molar-refractivity contribution in [1.29, 1.82) is 0 Å². The number of alkyl halides is 3. The van der Waals surface area contributed by atoms with E-state index in [0.29, 0.717) is 5.56 Å². The highest BCUT2D eigenvalue weighted by atomic mass is 19.4. The second-order valence-corrected chi connectivity index (χ2v) is 4.24. The molecule has 0 radical (unpaired) electrons. The number of benzene rings is 1. The van der Waals surface area contributed by atoms with E-state index in [4.69, 9.17) is 0 Å². The SMILES string of the molecule is Cc1ccc(C(=O)NCCOCC(F)(F)F)c(C)c1. The highest BCUT2D eigenvalue weighted by Gasteiger charge is 2.27. The van der Waals surface area contributed by atoms with Crippen LogP contribution in [0.1, 0.15) is 21.5 Å². The third kappa shape index (κ3) is 5.74. The third-order valence-electron chi connectivity index (χ3n) is 2.42. The topological polar surface area (TPSA) is 38.3 Å². The van der Waals surface area contributed by atoms with Gasteiger partial charge in [-0.2, -0.15) is 13.2 Å². The zero-order valence-electron chi connectivity index (χ0n) is 10.8. The van der Waals surface area contributed by atoms with Gasteiger partial charge in [-0.15, -0.1) is 0 Å². The zero-order chi connectivity index (χ0) is 14.5. The van der Waals surface area contributed by atoms with Crippen LogP contribution in [0.2, 0.25) is 0 Å². The van der Waals surface area contributed by atoms with Crippen LogP contribution < -0.4 is 5.32 Å². The van der Waals surface area contributed by atoms with Gasteiger partial charge in [0.15, 0.2) is 0 Å². The summed E-state index contributed by atoms with van der Waals surface area (Å²) < 4.78 is 39.7. The Bertz CT molecular complexity index is 444. The lowest BCUT2D eigenvalue weighted by Crippen LogP contribution is -2.29. The van der Waals surface area contributed by atoms with Gasteiger partial charge >= 0.3 is 6.18 Å². The van der Waals surface area contributed by atoms with Gasteiger partial charge in [-0.05, 0) is 25.5 Å². The van der Waals surface area contributed by atoms with Crippen LogP contribution in [0.4, 0.5) is 13.2 Å². The van der Waals surface area contributed by atoms with Crippen LogP contribution in [0.15, 0.2) is 18.2 Å². The normalized spacial score (nSPS) is 11.4. The van der Waals surface area contributed by atoms with Crippen molar-refractivity contribution in [1.82, 2.24) is 5.32 Å². The number of carbonyl (C=O) groups is 1. The van der Waals surface area contributed by atoms with E-state index < -0.39 is 12.8 Å². The van der Waals surface area contributed by atoms with Crippen molar-refractivity contribution in [2.24, 2.45) is 0 Å². The molecule has 3 nitrogen and oxygen atoms in total. The maximum Gasteiger partial charge on any atom is 0.411 e. The number of ether oxygens (including phenoxy) is 1. The van der Waals surface area contributed by atoms with E-state index in [2.05, 4.69) is 10.1 Å². The first kappa shape index (κ1) is 15.5. The fourth-order valence-corrected chi connectivity index (χ4v) is 1.59. The molecule has 0 aliphatic rings. The molecule has 0 spiro atoms. The van der Waals surface area contributed by atoms with Crippen molar-refractivity contribution in [2.75, 3.05) is 19.8 Å². The average molecular weight is 275 g/mol. The van der Waals surface area contributed by atoms with Gasteiger partial charge in [-0.1, -0.05) is 17.7 Å². The predicted molar refractivity (Wildman–Crippen MR) is 65.1 cm³/mol. The van der Waals surface area contributed by atoms with Gasteiger partial charge in [0, 0.05) is 12.1 Å². The highest BCUT2D eigenvalue weighted by molar-refractivity contribution is 5.95. The van der Waals surface area contributed by atoms with Gasteiger partial charge in [0.1, 0.15) is 6.61 Å². The largest absolute Gasteiger partial charge is 0.411 e. The van der Waals surface area contributed by atoms with E-state index in [1.807, 2.05) is 26.0 Å². The molecule has 0 saturated carbocycles. The number of amides is 1. The minimum atomic E-state index is -4.34. The first-order valence-electron chi connectivity index (χ1n) is 5.79. The maximum atomic E-state index is 11.8. The number of rotatable bonds is 5. The van der Waals surface area contributed by atoms with Crippen LogP contribution in [0, 0.1) is 13.8 Å². The van der Waals surface area contributed by atoms with Gasteiger partial charge in [0.2, 0.25) is 0 Å². The summed E-state index contributed by atoms with van der Waals surface area (Å²) in [6, 6.07) is 5.37. The molecule has 0 aliphatic carbocycles. The summed E-state index contributed by atoms with van der Waals surface area (Å²) in [6.45, 7) is 2.30. The van der Waals surface area contributed by atoms with E-state index in [0.717, 1.165) is 11.1 Å². The second kappa shape index (κ2) is 6.56. The van der Waals surface area contributed by atoms with Gasteiger partial charge in [0.05, 0.1) is 6.61 Å². The Morgan fingerprint density at radius 3 is 2.58 bits per heavy atom. The molecule has 0 aliphatic heterocycles. The number of carbonyl (C=O) groups excluding carboxylic acids is 1. The Morgan fingerprint density at radius 2 is 2.00 bits per heavy atom. The molecule has 1 aromatic carbocycles. The lowest BCUT2D eigenvalue weighted by Gasteiger charge is -2.10. The number of nitrogens with one attached hydrogen (secondary N) is 1. The maximum absolute atomic E-state index is 11.8. The van der Waals surface area contributed by atoms with E-state index >= 15 is 0 Å². The second-order valence-electron chi connectivity index (χ2n) is 4.24. The molecule has 0 aromatic heterocycles. The smallest absolute Gasteiger partial charge is 0.370 e. The fourth-order valence-electron chi connectivity index (χ4n) is 1.59. The Morgan fingerprint density at radius 1 is 1.32 bits per heavy atom. The summed E-state index contributed by atoms with van der Waals surface area (Å²) in [6.07, 6.45) is -4.34. The molecule has 0 bridgehead atoms. The van der Waals surface area contributed by atoms with Gasteiger partial charge in [-0.25, -0.2) is 0 Å². The van der Waals surface area contributed by atoms with Crippen LogP contribution in [-0.4, -0.2) is 31.8 Å². The quantitative estimate of drug-likeness (QED) is 0.839. The summed E-state index contributed by atoms with van der Waals surface area (Å²) in [7, 11) is 0. The van der Waals surface area contributed by atoms with E-state index in [1.165, 1.54) is 0 Å². The van der Waals surface area contributed by atoms with Crippen LogP contribution in [0.25, 0.3) is 0 Å². The van der Waals surface area contributed by atoms with Crippen molar-refractivity contribution >= 4 is 5.91 Å². The standard InChI is InChI=1S/C13H16F3NO2/c1-9-3-4-11(10(2)7-9)12(18)17-5-6-19-8-13(14,15)16/h3-4,7H,5-6,8H2,1-2H3,(H,17,18). The van der Waals surface area contributed by atoms with Crippen molar-refractivity contribution in [3.63, 3.8) is 0 Å². The van der Waals surface area contributed by atoms with E-state index in [9.17, 15) is 18.0 Å². The Balaban J connectivity index is 2.36. The van der Waals surface area contributed by atoms with Crippen molar-refractivity contribution in [3.8, 4) is 0 Å². The first-order valence-corrected chi connectivity index (χ1v) is 5.79. The van der Waals surface area contributed by atoms with Gasteiger partial charge in [0.25, 0.3) is 5.91 Å². The number of hydrogen-bond donors (Lipinski definition) is 1. The number of aryl methyl sites for hydroxylation is 2. The summed E-state index contributed by atoms with van der Waals surface area (Å²) in [5.74, 6) is -0.312. The van der Waals surface area contributed by atoms with Crippen LogP contribution in [-0.2, 0) is 4.74 Å². The first-order chi connectivity index (χ1) is 8.79. The molecule has 6 heteroatoms. The molecule has 1 amide bonds. The fraction of sp³-hybridized carbons (Fsp3) is 0.462. The molecule has 19 heavy (non-hydrogen) atoms. The van der Waals surface area contributed by atoms with Crippen LogP contribution >= 0.6 is 0 Å².